The summed E-state index contributed by atoms with van der Waals surface area (Å²) in [5, 5.41) is 5.52. The van der Waals surface area contributed by atoms with E-state index in [1.807, 2.05) is 6.92 Å². The molecular formula is C18H25N3O5S. The minimum absolute atomic E-state index is 0.0866. The number of ether oxygens (including phenoxy) is 1. The maximum Gasteiger partial charge on any atom is 0.265 e. The van der Waals surface area contributed by atoms with Crippen molar-refractivity contribution in [2.45, 2.75) is 51.7 Å². The molecule has 1 aromatic carbocycles. The minimum atomic E-state index is -3.39. The summed E-state index contributed by atoms with van der Waals surface area (Å²) in [7, 11) is -3.39. The summed E-state index contributed by atoms with van der Waals surface area (Å²) < 4.78 is 31.4. The van der Waals surface area contributed by atoms with Crippen molar-refractivity contribution >= 4 is 33.2 Å². The number of carbonyl (C=O) groups is 2. The van der Waals surface area contributed by atoms with Crippen molar-refractivity contribution in [3.05, 3.63) is 18.2 Å². The molecule has 0 saturated carbocycles. The van der Waals surface area contributed by atoms with Gasteiger partial charge in [0.25, 0.3) is 5.91 Å². The normalized spacial score (nSPS) is 22.4. The largest absolute Gasteiger partial charge is 0.479 e. The summed E-state index contributed by atoms with van der Waals surface area (Å²) >= 11 is 0. The van der Waals surface area contributed by atoms with Gasteiger partial charge in [-0.3, -0.25) is 9.59 Å². The number of nitrogens with zero attached hydrogens (tertiary/aromatic N) is 1. The van der Waals surface area contributed by atoms with Crippen LogP contribution in [0.4, 0.5) is 11.4 Å². The van der Waals surface area contributed by atoms with Crippen LogP contribution in [-0.4, -0.2) is 49.0 Å². The van der Waals surface area contributed by atoms with E-state index in [2.05, 4.69) is 10.6 Å². The lowest BCUT2D eigenvalue weighted by molar-refractivity contribution is -0.122. The van der Waals surface area contributed by atoms with Gasteiger partial charge in [0.05, 0.1) is 11.4 Å². The summed E-state index contributed by atoms with van der Waals surface area (Å²) in [6.07, 6.45) is 2.08. The zero-order valence-corrected chi connectivity index (χ0v) is 16.3. The first kappa shape index (κ1) is 19.6. The second-order valence-corrected chi connectivity index (χ2v) is 8.93. The van der Waals surface area contributed by atoms with Gasteiger partial charge in [0.15, 0.2) is 6.10 Å². The Labute approximate surface area is 159 Å². The number of unbranched alkanes of at least 4 members (excludes halogenated alkanes) is 1. The van der Waals surface area contributed by atoms with Crippen molar-refractivity contribution in [2.75, 3.05) is 22.9 Å². The topological polar surface area (TPSA) is 105 Å². The third-order valence-electron chi connectivity index (χ3n) is 4.80. The van der Waals surface area contributed by atoms with Gasteiger partial charge < -0.3 is 15.4 Å². The van der Waals surface area contributed by atoms with Crippen LogP contribution in [0.2, 0.25) is 0 Å². The van der Waals surface area contributed by atoms with Crippen molar-refractivity contribution in [3.8, 4) is 5.75 Å². The van der Waals surface area contributed by atoms with E-state index in [9.17, 15) is 18.0 Å². The van der Waals surface area contributed by atoms with Crippen LogP contribution in [0, 0.1) is 0 Å². The second kappa shape index (κ2) is 7.85. The zero-order valence-electron chi connectivity index (χ0n) is 15.5. The maximum atomic E-state index is 12.8. The van der Waals surface area contributed by atoms with E-state index >= 15 is 0 Å². The van der Waals surface area contributed by atoms with Crippen molar-refractivity contribution in [2.24, 2.45) is 0 Å². The maximum absolute atomic E-state index is 12.8. The van der Waals surface area contributed by atoms with E-state index in [-0.39, 0.29) is 17.6 Å². The first-order valence-electron chi connectivity index (χ1n) is 9.24. The summed E-state index contributed by atoms with van der Waals surface area (Å²) in [5.74, 6) is 0.00792. The number of amides is 2. The quantitative estimate of drug-likeness (QED) is 0.766. The fraction of sp³-hybridized carbons (Fsp3) is 0.556. The predicted molar refractivity (Wildman–Crippen MR) is 102 cm³/mol. The number of fused-ring (bicyclic) bond motifs is 1. The van der Waals surface area contributed by atoms with Gasteiger partial charge in [-0.2, -0.15) is 4.31 Å². The highest BCUT2D eigenvalue weighted by atomic mass is 32.2. The number of sulfonamides is 1. The van der Waals surface area contributed by atoms with Crippen LogP contribution in [0.15, 0.2) is 18.2 Å². The van der Waals surface area contributed by atoms with E-state index in [4.69, 9.17) is 4.74 Å². The van der Waals surface area contributed by atoms with E-state index in [0.29, 0.717) is 36.5 Å². The molecule has 0 aromatic heterocycles. The van der Waals surface area contributed by atoms with E-state index in [0.717, 1.165) is 12.8 Å². The Bertz CT molecular complexity index is 839. The van der Waals surface area contributed by atoms with Gasteiger partial charge in [0.2, 0.25) is 15.9 Å². The molecule has 148 valence electrons. The third-order valence-corrected chi connectivity index (χ3v) is 6.75. The minimum Gasteiger partial charge on any atom is -0.479 e. The van der Waals surface area contributed by atoms with Crippen molar-refractivity contribution in [1.29, 1.82) is 0 Å². The average Bonchev–Trinajstić information content (AvgIpc) is 2.96. The lowest BCUT2D eigenvalue weighted by atomic mass is 10.1. The molecule has 2 heterocycles. The highest BCUT2D eigenvalue weighted by molar-refractivity contribution is 7.89. The van der Waals surface area contributed by atoms with E-state index in [1.165, 1.54) is 4.31 Å². The molecule has 2 aliphatic rings. The molecule has 2 atom stereocenters. The van der Waals surface area contributed by atoms with E-state index < -0.39 is 22.2 Å². The van der Waals surface area contributed by atoms with Gasteiger partial charge in [0.1, 0.15) is 11.8 Å². The molecule has 2 aliphatic heterocycles. The van der Waals surface area contributed by atoms with Crippen molar-refractivity contribution < 1.29 is 22.7 Å². The molecule has 0 aliphatic carbocycles. The Kier molecular flexibility index (Phi) is 5.71. The lowest BCUT2D eigenvalue weighted by Gasteiger charge is -2.26. The van der Waals surface area contributed by atoms with Crippen LogP contribution in [0.3, 0.4) is 0 Å². The van der Waals surface area contributed by atoms with Gasteiger partial charge in [-0.25, -0.2) is 8.42 Å². The first-order chi connectivity index (χ1) is 12.8. The van der Waals surface area contributed by atoms with Crippen molar-refractivity contribution in [3.63, 3.8) is 0 Å². The lowest BCUT2D eigenvalue weighted by Crippen LogP contribution is -2.45. The molecule has 0 radical (unpaired) electrons. The Morgan fingerprint density at radius 3 is 2.89 bits per heavy atom. The number of hydrogen-bond acceptors (Lipinski definition) is 5. The van der Waals surface area contributed by atoms with Crippen LogP contribution in [-0.2, 0) is 19.6 Å². The molecule has 1 aromatic rings. The molecule has 0 unspecified atom stereocenters. The summed E-state index contributed by atoms with van der Waals surface area (Å²) in [4.78, 5) is 24.6. The fourth-order valence-corrected chi connectivity index (χ4v) is 5.05. The zero-order chi connectivity index (χ0) is 19.6. The standard InChI is InChI=1S/C18H25N3O5S/c1-3-4-6-15(21-9-5-10-27(21,24)25)18(23)19-13-7-8-16-14(11-13)20-17(22)12(2)26-16/h7-8,11-12,15H,3-6,9-10H2,1-2H3,(H,19,23)(H,20,22)/t12-,15-/m0/s1. The van der Waals surface area contributed by atoms with Crippen LogP contribution in [0.25, 0.3) is 0 Å². The number of hydrogen-bond donors (Lipinski definition) is 2. The van der Waals surface area contributed by atoms with Crippen LogP contribution >= 0.6 is 0 Å². The van der Waals surface area contributed by atoms with Crippen LogP contribution < -0.4 is 15.4 Å². The van der Waals surface area contributed by atoms with Crippen LogP contribution in [0.1, 0.15) is 39.5 Å². The monoisotopic (exact) mass is 395 g/mol. The molecule has 3 rings (SSSR count). The highest BCUT2D eigenvalue weighted by Gasteiger charge is 2.38. The highest BCUT2D eigenvalue weighted by Crippen LogP contribution is 2.32. The summed E-state index contributed by atoms with van der Waals surface area (Å²) in [6.45, 7) is 4.03. The molecule has 8 nitrogen and oxygen atoms in total. The molecule has 0 bridgehead atoms. The molecule has 27 heavy (non-hydrogen) atoms. The Morgan fingerprint density at radius 1 is 1.44 bits per heavy atom. The van der Waals surface area contributed by atoms with Crippen LogP contribution in [0.5, 0.6) is 5.75 Å². The molecule has 0 spiro atoms. The molecule has 9 heteroatoms. The van der Waals surface area contributed by atoms with Gasteiger partial charge in [0, 0.05) is 12.2 Å². The van der Waals surface area contributed by atoms with Crippen molar-refractivity contribution in [1.82, 2.24) is 4.31 Å². The van der Waals surface area contributed by atoms with Gasteiger partial charge >= 0.3 is 0 Å². The third kappa shape index (κ3) is 4.24. The fourth-order valence-electron chi connectivity index (χ4n) is 3.32. The Balaban J connectivity index is 1.77. The molecular weight excluding hydrogens is 370 g/mol. The first-order valence-corrected chi connectivity index (χ1v) is 10.8. The number of carbonyl (C=O) groups excluding carboxylic acids is 2. The smallest absolute Gasteiger partial charge is 0.265 e. The van der Waals surface area contributed by atoms with Gasteiger partial charge in [-0.15, -0.1) is 0 Å². The number of rotatable bonds is 6. The Morgan fingerprint density at radius 2 is 2.22 bits per heavy atom. The molecule has 1 saturated heterocycles. The average molecular weight is 395 g/mol. The molecule has 2 amide bonds. The number of benzene rings is 1. The summed E-state index contributed by atoms with van der Waals surface area (Å²) in [6, 6.07) is 4.25. The van der Waals surface area contributed by atoms with E-state index in [1.54, 1.807) is 25.1 Å². The predicted octanol–water partition coefficient (Wildman–Crippen LogP) is 1.94. The second-order valence-electron chi connectivity index (χ2n) is 6.89. The molecule has 2 N–H and O–H groups in total. The SMILES string of the molecule is CCCC[C@@H](C(=O)Nc1ccc2c(c1)NC(=O)[C@H](C)O2)N1CCCS1(=O)=O. The Hall–Kier alpha value is -2.13. The summed E-state index contributed by atoms with van der Waals surface area (Å²) in [5.41, 5.74) is 0.963. The van der Waals surface area contributed by atoms with Gasteiger partial charge in [-0.1, -0.05) is 19.8 Å². The van der Waals surface area contributed by atoms with Gasteiger partial charge in [-0.05, 0) is 38.0 Å². The molecule has 1 fully saturated rings. The number of anilines is 2. The number of nitrogens with one attached hydrogen (secondary N) is 2.